The van der Waals surface area contributed by atoms with Crippen LogP contribution < -0.4 is 5.32 Å². The van der Waals surface area contributed by atoms with Gasteiger partial charge >= 0.3 is 0 Å². The summed E-state index contributed by atoms with van der Waals surface area (Å²) in [4.78, 5) is 10.7. The second-order valence-corrected chi connectivity index (χ2v) is 2.56. The highest BCUT2D eigenvalue weighted by Crippen LogP contribution is 2.01. The molecule has 1 amide bonds. The molecule has 0 aliphatic carbocycles. The van der Waals surface area contributed by atoms with Crippen LogP contribution in [0, 0.1) is 0 Å². The van der Waals surface area contributed by atoms with E-state index in [4.69, 9.17) is 5.11 Å². The second kappa shape index (κ2) is 7.54. The molecule has 0 saturated carbocycles. The highest BCUT2D eigenvalue weighted by atomic mass is 16.2. The standard InChI is InChI=1S/C8H17NO2/c1-9-8(11)6-4-2-3-5-7-10/h10H,2-7H2,1H3,(H,9,11). The van der Waals surface area contributed by atoms with Gasteiger partial charge in [-0.2, -0.15) is 0 Å². The number of carbonyl (C=O) groups is 1. The van der Waals surface area contributed by atoms with Crippen LogP contribution in [0.3, 0.4) is 0 Å². The van der Waals surface area contributed by atoms with E-state index in [-0.39, 0.29) is 12.5 Å². The van der Waals surface area contributed by atoms with Gasteiger partial charge in [0.2, 0.25) is 5.91 Å². The molecule has 0 aromatic rings. The molecule has 0 unspecified atom stereocenters. The van der Waals surface area contributed by atoms with Gasteiger partial charge in [-0.05, 0) is 12.8 Å². The zero-order valence-electron chi connectivity index (χ0n) is 7.10. The van der Waals surface area contributed by atoms with Crippen molar-refractivity contribution in [3.63, 3.8) is 0 Å². The van der Waals surface area contributed by atoms with E-state index in [1.165, 1.54) is 0 Å². The van der Waals surface area contributed by atoms with Crippen molar-refractivity contribution < 1.29 is 9.90 Å². The minimum absolute atomic E-state index is 0.106. The van der Waals surface area contributed by atoms with Crippen LogP contribution in [0.15, 0.2) is 0 Å². The first-order valence-corrected chi connectivity index (χ1v) is 4.12. The Balaban J connectivity index is 2.95. The fourth-order valence-electron chi connectivity index (χ4n) is 0.876. The molecular formula is C8H17NO2. The summed E-state index contributed by atoms with van der Waals surface area (Å²) in [7, 11) is 1.65. The Kier molecular flexibility index (Phi) is 7.15. The molecule has 0 saturated heterocycles. The van der Waals surface area contributed by atoms with E-state index >= 15 is 0 Å². The Morgan fingerprint density at radius 1 is 1.27 bits per heavy atom. The summed E-state index contributed by atoms with van der Waals surface area (Å²) in [5.41, 5.74) is 0. The maximum Gasteiger partial charge on any atom is 0.219 e. The van der Waals surface area contributed by atoms with Gasteiger partial charge in [-0.1, -0.05) is 12.8 Å². The Hall–Kier alpha value is -0.570. The number of hydrogen-bond acceptors (Lipinski definition) is 2. The van der Waals surface area contributed by atoms with Crippen molar-refractivity contribution in [2.75, 3.05) is 13.7 Å². The van der Waals surface area contributed by atoms with E-state index in [1.807, 2.05) is 0 Å². The molecule has 3 nitrogen and oxygen atoms in total. The molecule has 0 radical (unpaired) electrons. The lowest BCUT2D eigenvalue weighted by Crippen LogP contribution is -2.16. The van der Waals surface area contributed by atoms with Crippen molar-refractivity contribution >= 4 is 5.91 Å². The summed E-state index contributed by atoms with van der Waals surface area (Å²) in [6.07, 6.45) is 4.46. The lowest BCUT2D eigenvalue weighted by Gasteiger charge is -1.98. The Bertz CT molecular complexity index is 104. The molecule has 11 heavy (non-hydrogen) atoms. The minimum Gasteiger partial charge on any atom is -0.396 e. The van der Waals surface area contributed by atoms with E-state index in [9.17, 15) is 4.79 Å². The predicted octanol–water partition coefficient (Wildman–Crippen LogP) is 0.675. The van der Waals surface area contributed by atoms with Gasteiger partial charge in [0.15, 0.2) is 0 Å². The predicted molar refractivity (Wildman–Crippen MR) is 44.2 cm³/mol. The van der Waals surface area contributed by atoms with Gasteiger partial charge < -0.3 is 10.4 Å². The largest absolute Gasteiger partial charge is 0.396 e. The number of aliphatic hydroxyl groups is 1. The summed E-state index contributed by atoms with van der Waals surface area (Å²) in [6.45, 7) is 0.264. The SMILES string of the molecule is CNC(=O)CCCCCCO. The molecule has 0 rings (SSSR count). The monoisotopic (exact) mass is 159 g/mol. The highest BCUT2D eigenvalue weighted by Gasteiger charge is 1.95. The van der Waals surface area contributed by atoms with Crippen LogP contribution in [0.5, 0.6) is 0 Å². The van der Waals surface area contributed by atoms with E-state index in [1.54, 1.807) is 7.05 Å². The van der Waals surface area contributed by atoms with Gasteiger partial charge in [0.05, 0.1) is 0 Å². The van der Waals surface area contributed by atoms with Crippen LogP contribution in [0.25, 0.3) is 0 Å². The molecule has 0 fully saturated rings. The summed E-state index contributed by atoms with van der Waals surface area (Å²) in [5.74, 6) is 0.106. The fourth-order valence-corrected chi connectivity index (χ4v) is 0.876. The number of amides is 1. The molecule has 0 bridgehead atoms. The third-order valence-electron chi connectivity index (χ3n) is 1.59. The zero-order chi connectivity index (χ0) is 8.53. The Morgan fingerprint density at radius 3 is 2.45 bits per heavy atom. The Labute approximate surface area is 67.8 Å². The first-order chi connectivity index (χ1) is 5.31. The van der Waals surface area contributed by atoms with Gasteiger partial charge in [0.25, 0.3) is 0 Å². The molecule has 0 aromatic carbocycles. The number of unbranched alkanes of at least 4 members (excludes halogenated alkanes) is 3. The summed E-state index contributed by atoms with van der Waals surface area (Å²) < 4.78 is 0. The number of hydrogen-bond donors (Lipinski definition) is 2. The van der Waals surface area contributed by atoms with Crippen molar-refractivity contribution in [3.05, 3.63) is 0 Å². The second-order valence-electron chi connectivity index (χ2n) is 2.56. The maximum atomic E-state index is 10.7. The van der Waals surface area contributed by atoms with Crippen molar-refractivity contribution in [2.45, 2.75) is 32.1 Å². The molecule has 0 aliphatic heterocycles. The minimum atomic E-state index is 0.106. The molecule has 0 atom stereocenters. The van der Waals surface area contributed by atoms with Crippen LogP contribution in [0.2, 0.25) is 0 Å². The van der Waals surface area contributed by atoms with Crippen LogP contribution >= 0.6 is 0 Å². The van der Waals surface area contributed by atoms with E-state index in [0.29, 0.717) is 6.42 Å². The third kappa shape index (κ3) is 7.33. The van der Waals surface area contributed by atoms with Crippen molar-refractivity contribution in [2.24, 2.45) is 0 Å². The molecule has 66 valence electrons. The molecule has 0 heterocycles. The molecular weight excluding hydrogens is 142 g/mol. The van der Waals surface area contributed by atoms with Gasteiger partial charge in [0.1, 0.15) is 0 Å². The van der Waals surface area contributed by atoms with Gasteiger partial charge in [-0.25, -0.2) is 0 Å². The molecule has 0 aliphatic rings. The highest BCUT2D eigenvalue weighted by molar-refractivity contribution is 5.75. The third-order valence-corrected chi connectivity index (χ3v) is 1.59. The molecule has 2 N–H and O–H groups in total. The summed E-state index contributed by atoms with van der Waals surface area (Å²) >= 11 is 0. The first kappa shape index (κ1) is 10.4. The molecule has 0 spiro atoms. The van der Waals surface area contributed by atoms with Crippen LogP contribution in [0.4, 0.5) is 0 Å². The average Bonchev–Trinajstić information content (AvgIpc) is 2.04. The summed E-state index contributed by atoms with van der Waals surface area (Å²) in [6, 6.07) is 0. The maximum absolute atomic E-state index is 10.7. The fraction of sp³-hybridized carbons (Fsp3) is 0.875. The number of nitrogens with one attached hydrogen (secondary N) is 1. The van der Waals surface area contributed by atoms with E-state index < -0.39 is 0 Å². The topological polar surface area (TPSA) is 49.3 Å². The van der Waals surface area contributed by atoms with Crippen LogP contribution in [-0.4, -0.2) is 24.7 Å². The van der Waals surface area contributed by atoms with E-state index in [2.05, 4.69) is 5.32 Å². The normalized spacial score (nSPS) is 9.64. The number of aliphatic hydroxyl groups excluding tert-OH is 1. The molecule has 3 heteroatoms. The van der Waals surface area contributed by atoms with Crippen molar-refractivity contribution in [1.29, 1.82) is 0 Å². The van der Waals surface area contributed by atoms with Crippen LogP contribution in [-0.2, 0) is 4.79 Å². The lowest BCUT2D eigenvalue weighted by atomic mass is 10.1. The molecule has 0 aromatic heterocycles. The lowest BCUT2D eigenvalue weighted by molar-refractivity contribution is -0.120. The average molecular weight is 159 g/mol. The van der Waals surface area contributed by atoms with Crippen molar-refractivity contribution in [3.8, 4) is 0 Å². The number of rotatable bonds is 6. The van der Waals surface area contributed by atoms with Crippen molar-refractivity contribution in [1.82, 2.24) is 5.32 Å². The quantitative estimate of drug-likeness (QED) is 0.560. The van der Waals surface area contributed by atoms with Crippen LogP contribution in [0.1, 0.15) is 32.1 Å². The van der Waals surface area contributed by atoms with Gasteiger partial charge in [-0.15, -0.1) is 0 Å². The number of carbonyl (C=O) groups excluding carboxylic acids is 1. The smallest absolute Gasteiger partial charge is 0.219 e. The van der Waals surface area contributed by atoms with Gasteiger partial charge in [-0.3, -0.25) is 4.79 Å². The first-order valence-electron chi connectivity index (χ1n) is 4.12. The summed E-state index contributed by atoms with van der Waals surface area (Å²) in [5, 5.41) is 11.0. The van der Waals surface area contributed by atoms with Gasteiger partial charge in [0, 0.05) is 20.1 Å². The zero-order valence-corrected chi connectivity index (χ0v) is 7.10. The Morgan fingerprint density at radius 2 is 1.91 bits per heavy atom. The van der Waals surface area contributed by atoms with E-state index in [0.717, 1.165) is 25.7 Å².